The van der Waals surface area contributed by atoms with Gasteiger partial charge >= 0.3 is 5.97 Å². The van der Waals surface area contributed by atoms with E-state index in [1.165, 1.54) is 0 Å². The Morgan fingerprint density at radius 3 is 2.75 bits per heavy atom. The minimum absolute atomic E-state index is 0.0583. The molecule has 2 N–H and O–H groups in total. The van der Waals surface area contributed by atoms with Crippen LogP contribution in [0.3, 0.4) is 0 Å². The molecule has 2 fully saturated rings. The summed E-state index contributed by atoms with van der Waals surface area (Å²) in [6, 6.07) is 4.40. The van der Waals surface area contributed by atoms with E-state index >= 15 is 0 Å². The van der Waals surface area contributed by atoms with Crippen LogP contribution in [0.4, 0.5) is 5.69 Å². The Kier molecular flexibility index (Phi) is 6.88. The van der Waals surface area contributed by atoms with E-state index in [4.69, 9.17) is 6.42 Å². The van der Waals surface area contributed by atoms with E-state index in [0.29, 0.717) is 12.6 Å². The Morgan fingerprint density at radius 2 is 2.11 bits per heavy atom. The first kappa shape index (κ1) is 20.2. The fourth-order valence-corrected chi connectivity index (χ4v) is 3.65. The minimum atomic E-state index is -1.06. The second-order valence-corrected chi connectivity index (χ2v) is 7.67. The lowest BCUT2D eigenvalue weighted by Gasteiger charge is -2.37. The molecule has 1 aliphatic heterocycles. The molecular weight excluding hydrogens is 356 g/mol. The molecule has 0 radical (unpaired) electrons. The summed E-state index contributed by atoms with van der Waals surface area (Å²) in [5.41, 5.74) is 1.13. The first-order valence-electron chi connectivity index (χ1n) is 9.92. The monoisotopic (exact) mass is 384 g/mol. The Balaban J connectivity index is 1.63. The number of pyridine rings is 1. The first-order chi connectivity index (χ1) is 13.6. The maximum atomic E-state index is 12.8. The fraction of sp³-hybridized carbons (Fsp3) is 0.571. The molecule has 7 nitrogen and oxygen atoms in total. The Labute approximate surface area is 166 Å². The Morgan fingerprint density at radius 1 is 1.36 bits per heavy atom. The van der Waals surface area contributed by atoms with Crippen LogP contribution in [0.5, 0.6) is 0 Å². The highest BCUT2D eigenvalue weighted by Gasteiger charge is 2.29. The van der Waals surface area contributed by atoms with Crippen LogP contribution in [-0.2, 0) is 9.59 Å². The second kappa shape index (κ2) is 9.56. The predicted molar refractivity (Wildman–Crippen MR) is 107 cm³/mol. The van der Waals surface area contributed by atoms with Crippen LogP contribution < -0.4 is 10.2 Å². The third-order valence-corrected chi connectivity index (χ3v) is 5.40. The molecule has 28 heavy (non-hydrogen) atoms. The number of carbonyl (C=O) groups excluding carboxylic acids is 1. The number of carboxylic acid groups (broad SMARTS) is 1. The number of nitrogens with zero attached hydrogens (tertiary/aromatic N) is 3. The normalized spacial score (nSPS) is 20.2. The summed E-state index contributed by atoms with van der Waals surface area (Å²) >= 11 is 0. The van der Waals surface area contributed by atoms with Gasteiger partial charge in [-0.05, 0) is 43.7 Å². The smallest absolute Gasteiger partial charge is 0.320 e. The summed E-state index contributed by atoms with van der Waals surface area (Å²) in [6.07, 6.45) is 13.2. The van der Waals surface area contributed by atoms with Crippen LogP contribution >= 0.6 is 0 Å². The fourth-order valence-electron chi connectivity index (χ4n) is 3.65. The molecule has 1 aromatic rings. The van der Waals surface area contributed by atoms with Crippen molar-refractivity contribution >= 4 is 17.6 Å². The van der Waals surface area contributed by atoms with Gasteiger partial charge in [0.15, 0.2) is 0 Å². The zero-order valence-electron chi connectivity index (χ0n) is 16.1. The average Bonchev–Trinajstić information content (AvgIpc) is 3.54. The standard InChI is InChI=1S/C21H28N4O3/c1-2-17(21(27)28)15-25(20(26)12-23-18-5-6-18)14-16-4-3-11-24(13-16)19-7-9-22-10-8-19/h1,7-10,16-18,23H,3-6,11-15H2,(H,27,28)/t16?,17-/m0/s1. The number of aliphatic carboxylic acids is 1. The van der Waals surface area contributed by atoms with E-state index < -0.39 is 11.9 Å². The number of carbonyl (C=O) groups is 2. The summed E-state index contributed by atoms with van der Waals surface area (Å²) in [5.74, 6) is 0.467. The van der Waals surface area contributed by atoms with Crippen LogP contribution in [0.25, 0.3) is 0 Å². The lowest BCUT2D eigenvalue weighted by atomic mass is 9.96. The van der Waals surface area contributed by atoms with E-state index in [1.54, 1.807) is 17.3 Å². The third kappa shape index (κ3) is 5.70. The number of hydrogen-bond acceptors (Lipinski definition) is 5. The van der Waals surface area contributed by atoms with Gasteiger partial charge in [0.05, 0.1) is 6.54 Å². The summed E-state index contributed by atoms with van der Waals surface area (Å²) in [5, 5.41) is 12.5. The molecule has 1 aromatic heterocycles. The van der Waals surface area contributed by atoms with Crippen LogP contribution in [0, 0.1) is 24.2 Å². The predicted octanol–water partition coefficient (Wildman–Crippen LogP) is 1.21. The number of aromatic nitrogens is 1. The number of anilines is 1. The molecule has 1 saturated carbocycles. The highest BCUT2D eigenvalue weighted by molar-refractivity contribution is 5.80. The van der Waals surface area contributed by atoms with Gasteiger partial charge in [-0.15, -0.1) is 6.42 Å². The van der Waals surface area contributed by atoms with Crippen molar-refractivity contribution in [3.8, 4) is 12.3 Å². The molecule has 2 aliphatic rings. The lowest BCUT2D eigenvalue weighted by Crippen LogP contribution is -2.47. The molecule has 1 amide bonds. The van der Waals surface area contributed by atoms with Crippen molar-refractivity contribution in [3.63, 3.8) is 0 Å². The third-order valence-electron chi connectivity index (χ3n) is 5.40. The highest BCUT2D eigenvalue weighted by atomic mass is 16.4. The minimum Gasteiger partial charge on any atom is -0.480 e. The van der Waals surface area contributed by atoms with Gasteiger partial charge in [-0.1, -0.05) is 5.92 Å². The van der Waals surface area contributed by atoms with Crippen molar-refractivity contribution in [1.29, 1.82) is 0 Å². The molecule has 150 valence electrons. The summed E-state index contributed by atoms with van der Waals surface area (Å²) in [7, 11) is 0. The molecule has 7 heteroatoms. The van der Waals surface area contributed by atoms with E-state index in [1.807, 2.05) is 12.1 Å². The molecule has 0 bridgehead atoms. The Hall–Kier alpha value is -2.59. The highest BCUT2D eigenvalue weighted by Crippen LogP contribution is 2.24. The van der Waals surface area contributed by atoms with Crippen LogP contribution in [0.2, 0.25) is 0 Å². The van der Waals surface area contributed by atoms with Crippen LogP contribution in [0.15, 0.2) is 24.5 Å². The lowest BCUT2D eigenvalue weighted by molar-refractivity contribution is -0.141. The molecule has 1 aliphatic carbocycles. The molecule has 2 atom stereocenters. The van der Waals surface area contributed by atoms with E-state index in [-0.39, 0.29) is 24.9 Å². The summed E-state index contributed by atoms with van der Waals surface area (Å²) in [4.78, 5) is 32.2. The molecular formula is C21H28N4O3. The average molecular weight is 384 g/mol. The van der Waals surface area contributed by atoms with Gasteiger partial charge in [-0.3, -0.25) is 14.6 Å². The molecule has 3 rings (SSSR count). The second-order valence-electron chi connectivity index (χ2n) is 7.67. The SMILES string of the molecule is C#C[C@@H](CN(CC1CCCN(c2ccncc2)C1)C(=O)CNC1CC1)C(=O)O. The first-order valence-corrected chi connectivity index (χ1v) is 9.92. The summed E-state index contributed by atoms with van der Waals surface area (Å²) < 4.78 is 0. The van der Waals surface area contributed by atoms with Gasteiger partial charge in [0, 0.05) is 50.3 Å². The van der Waals surface area contributed by atoms with Crippen LogP contribution in [0.1, 0.15) is 25.7 Å². The number of piperidine rings is 1. The molecule has 0 aromatic carbocycles. The van der Waals surface area contributed by atoms with Crippen molar-refractivity contribution in [2.24, 2.45) is 11.8 Å². The van der Waals surface area contributed by atoms with E-state index in [2.05, 4.69) is 21.1 Å². The zero-order valence-corrected chi connectivity index (χ0v) is 16.1. The largest absolute Gasteiger partial charge is 0.480 e. The van der Waals surface area contributed by atoms with Gasteiger partial charge in [0.1, 0.15) is 5.92 Å². The number of rotatable bonds is 9. The molecule has 2 heterocycles. The van der Waals surface area contributed by atoms with Gasteiger partial charge in [-0.25, -0.2) is 0 Å². The Bertz CT molecular complexity index is 714. The van der Waals surface area contributed by atoms with Gasteiger partial charge < -0.3 is 20.2 Å². The van der Waals surface area contributed by atoms with Gasteiger partial charge in [0.25, 0.3) is 0 Å². The maximum absolute atomic E-state index is 12.8. The summed E-state index contributed by atoms with van der Waals surface area (Å²) in [6.45, 7) is 2.63. The van der Waals surface area contributed by atoms with Crippen molar-refractivity contribution in [1.82, 2.24) is 15.2 Å². The van der Waals surface area contributed by atoms with E-state index in [0.717, 1.165) is 44.5 Å². The zero-order chi connectivity index (χ0) is 19.9. The van der Waals surface area contributed by atoms with Gasteiger partial charge in [-0.2, -0.15) is 0 Å². The number of terminal acetylenes is 1. The number of carboxylic acids is 1. The van der Waals surface area contributed by atoms with Gasteiger partial charge in [0.2, 0.25) is 5.91 Å². The quantitative estimate of drug-likeness (QED) is 0.623. The van der Waals surface area contributed by atoms with Crippen molar-refractivity contribution in [2.45, 2.75) is 31.7 Å². The topological polar surface area (TPSA) is 85.8 Å². The molecule has 1 unspecified atom stereocenters. The molecule has 0 spiro atoms. The van der Waals surface area contributed by atoms with Crippen molar-refractivity contribution < 1.29 is 14.7 Å². The number of hydrogen-bond donors (Lipinski definition) is 2. The number of nitrogens with one attached hydrogen (secondary N) is 1. The van der Waals surface area contributed by atoms with Crippen molar-refractivity contribution in [2.75, 3.05) is 37.6 Å². The number of amides is 1. The molecule has 1 saturated heterocycles. The van der Waals surface area contributed by atoms with Crippen LogP contribution in [-0.4, -0.2) is 65.6 Å². The maximum Gasteiger partial charge on any atom is 0.320 e. The van der Waals surface area contributed by atoms with E-state index in [9.17, 15) is 14.7 Å². The van der Waals surface area contributed by atoms with Crippen molar-refractivity contribution in [3.05, 3.63) is 24.5 Å².